The molecule has 0 spiro atoms. The van der Waals surface area contributed by atoms with Gasteiger partial charge in [-0.05, 0) is 62.0 Å². The van der Waals surface area contributed by atoms with Gasteiger partial charge in [0.2, 0.25) is 5.88 Å². The molecule has 1 aromatic heterocycles. The zero-order chi connectivity index (χ0) is 15.0. The van der Waals surface area contributed by atoms with E-state index < -0.39 is 5.60 Å². The highest BCUT2D eigenvalue weighted by molar-refractivity contribution is 9.10. The molecule has 0 bridgehead atoms. The SMILES string of the molecule is CC(C)(C)OC(=O)CCCCCOc1ccc(Br)cn1. The highest BCUT2D eigenvalue weighted by Crippen LogP contribution is 2.13. The molecule has 0 amide bonds. The number of unbranched alkanes of at least 4 members (excludes halogenated alkanes) is 2. The summed E-state index contributed by atoms with van der Waals surface area (Å²) in [4.78, 5) is 15.6. The number of nitrogens with zero attached hydrogens (tertiary/aromatic N) is 1. The van der Waals surface area contributed by atoms with Crippen molar-refractivity contribution in [3.8, 4) is 5.88 Å². The van der Waals surface area contributed by atoms with Gasteiger partial charge >= 0.3 is 5.97 Å². The van der Waals surface area contributed by atoms with Gasteiger partial charge in [0.1, 0.15) is 5.60 Å². The van der Waals surface area contributed by atoms with E-state index in [0.717, 1.165) is 23.7 Å². The van der Waals surface area contributed by atoms with E-state index in [1.165, 1.54) is 0 Å². The zero-order valence-electron chi connectivity index (χ0n) is 12.3. The lowest BCUT2D eigenvalue weighted by Gasteiger charge is -2.19. The van der Waals surface area contributed by atoms with E-state index in [0.29, 0.717) is 18.9 Å². The summed E-state index contributed by atoms with van der Waals surface area (Å²) >= 11 is 3.32. The smallest absolute Gasteiger partial charge is 0.306 e. The van der Waals surface area contributed by atoms with Crippen LogP contribution < -0.4 is 4.74 Å². The fourth-order valence-electron chi connectivity index (χ4n) is 1.57. The van der Waals surface area contributed by atoms with Crippen LogP contribution in [-0.2, 0) is 9.53 Å². The molecule has 5 heteroatoms. The maximum absolute atomic E-state index is 11.5. The number of pyridine rings is 1. The monoisotopic (exact) mass is 343 g/mol. The Hall–Kier alpha value is -1.10. The molecular formula is C15H22BrNO3. The van der Waals surface area contributed by atoms with E-state index in [1.54, 1.807) is 6.20 Å². The first-order valence-electron chi connectivity index (χ1n) is 6.83. The van der Waals surface area contributed by atoms with E-state index in [2.05, 4.69) is 20.9 Å². The summed E-state index contributed by atoms with van der Waals surface area (Å²) in [6.07, 6.45) is 4.84. The lowest BCUT2D eigenvalue weighted by atomic mass is 10.1. The molecule has 1 heterocycles. The van der Waals surface area contributed by atoms with E-state index in [4.69, 9.17) is 9.47 Å². The molecule has 20 heavy (non-hydrogen) atoms. The molecule has 0 aliphatic heterocycles. The van der Waals surface area contributed by atoms with Crippen molar-refractivity contribution in [2.45, 2.75) is 52.1 Å². The average molecular weight is 344 g/mol. The topological polar surface area (TPSA) is 48.4 Å². The van der Waals surface area contributed by atoms with Crippen LogP contribution in [0.15, 0.2) is 22.8 Å². The molecule has 0 aliphatic rings. The number of esters is 1. The Kier molecular flexibility index (Phi) is 6.99. The molecule has 0 aromatic carbocycles. The molecule has 1 rings (SSSR count). The van der Waals surface area contributed by atoms with Crippen molar-refractivity contribution >= 4 is 21.9 Å². The van der Waals surface area contributed by atoms with E-state index in [-0.39, 0.29) is 5.97 Å². The van der Waals surface area contributed by atoms with Gasteiger partial charge in [-0.1, -0.05) is 0 Å². The summed E-state index contributed by atoms with van der Waals surface area (Å²) in [5.74, 6) is 0.494. The maximum Gasteiger partial charge on any atom is 0.306 e. The van der Waals surface area contributed by atoms with Gasteiger partial charge in [-0.25, -0.2) is 4.98 Å². The van der Waals surface area contributed by atoms with Crippen LogP contribution in [0, 0.1) is 0 Å². The number of carbonyl (C=O) groups excluding carboxylic acids is 1. The van der Waals surface area contributed by atoms with Gasteiger partial charge in [-0.15, -0.1) is 0 Å². The summed E-state index contributed by atoms with van der Waals surface area (Å²) in [7, 11) is 0. The van der Waals surface area contributed by atoms with Crippen molar-refractivity contribution in [3.05, 3.63) is 22.8 Å². The molecule has 0 unspecified atom stereocenters. The van der Waals surface area contributed by atoms with Crippen LogP contribution in [-0.4, -0.2) is 23.2 Å². The van der Waals surface area contributed by atoms with Gasteiger partial charge in [0.05, 0.1) is 6.61 Å². The van der Waals surface area contributed by atoms with Crippen molar-refractivity contribution in [3.63, 3.8) is 0 Å². The predicted octanol–water partition coefficient (Wildman–Crippen LogP) is 4.13. The number of carbonyl (C=O) groups is 1. The molecule has 112 valence electrons. The van der Waals surface area contributed by atoms with E-state index in [9.17, 15) is 4.79 Å². The van der Waals surface area contributed by atoms with E-state index >= 15 is 0 Å². The fraction of sp³-hybridized carbons (Fsp3) is 0.600. The van der Waals surface area contributed by atoms with Gasteiger partial charge in [0, 0.05) is 23.2 Å². The summed E-state index contributed by atoms with van der Waals surface area (Å²) in [5, 5.41) is 0. The number of rotatable bonds is 7. The van der Waals surface area contributed by atoms with Crippen LogP contribution in [0.2, 0.25) is 0 Å². The lowest BCUT2D eigenvalue weighted by molar-refractivity contribution is -0.154. The number of hydrogen-bond acceptors (Lipinski definition) is 4. The van der Waals surface area contributed by atoms with Crippen LogP contribution >= 0.6 is 15.9 Å². The van der Waals surface area contributed by atoms with Gasteiger partial charge < -0.3 is 9.47 Å². The predicted molar refractivity (Wildman–Crippen MR) is 81.7 cm³/mol. The number of ether oxygens (including phenoxy) is 2. The Balaban J connectivity index is 2.05. The second kappa shape index (κ2) is 8.25. The summed E-state index contributed by atoms with van der Waals surface area (Å²) < 4.78 is 11.7. The Morgan fingerprint density at radius 1 is 1.25 bits per heavy atom. The first-order chi connectivity index (χ1) is 9.37. The largest absolute Gasteiger partial charge is 0.478 e. The van der Waals surface area contributed by atoms with Gasteiger partial charge in [0.15, 0.2) is 0 Å². The Bertz CT molecular complexity index is 412. The molecule has 1 aromatic rings. The first kappa shape index (κ1) is 17.0. The van der Waals surface area contributed by atoms with Crippen LogP contribution in [0.25, 0.3) is 0 Å². The third kappa shape index (κ3) is 8.15. The second-order valence-corrected chi connectivity index (χ2v) is 6.48. The molecule has 0 N–H and O–H groups in total. The average Bonchev–Trinajstić information content (AvgIpc) is 2.33. The molecular weight excluding hydrogens is 322 g/mol. The van der Waals surface area contributed by atoms with Crippen molar-refractivity contribution in [2.75, 3.05) is 6.61 Å². The quantitative estimate of drug-likeness (QED) is 0.551. The minimum atomic E-state index is -0.395. The normalized spacial score (nSPS) is 11.2. The van der Waals surface area contributed by atoms with Crippen LogP contribution in [0.3, 0.4) is 0 Å². The number of halogens is 1. The number of hydrogen-bond donors (Lipinski definition) is 0. The van der Waals surface area contributed by atoms with Crippen LogP contribution in [0.1, 0.15) is 46.5 Å². The van der Waals surface area contributed by atoms with Gasteiger partial charge in [0.25, 0.3) is 0 Å². The molecule has 0 fully saturated rings. The maximum atomic E-state index is 11.5. The van der Waals surface area contributed by atoms with Crippen molar-refractivity contribution in [2.24, 2.45) is 0 Å². The highest BCUT2D eigenvalue weighted by Gasteiger charge is 2.15. The van der Waals surface area contributed by atoms with Crippen molar-refractivity contribution in [1.29, 1.82) is 0 Å². The molecule has 0 saturated carbocycles. The lowest BCUT2D eigenvalue weighted by Crippen LogP contribution is -2.23. The Morgan fingerprint density at radius 2 is 2.00 bits per heavy atom. The molecule has 0 radical (unpaired) electrons. The molecule has 4 nitrogen and oxygen atoms in total. The Morgan fingerprint density at radius 3 is 2.60 bits per heavy atom. The zero-order valence-corrected chi connectivity index (χ0v) is 13.9. The van der Waals surface area contributed by atoms with Gasteiger partial charge in [-0.2, -0.15) is 0 Å². The third-order valence-corrected chi connectivity index (χ3v) is 2.86. The second-order valence-electron chi connectivity index (χ2n) is 5.56. The van der Waals surface area contributed by atoms with Crippen LogP contribution in [0.5, 0.6) is 5.88 Å². The third-order valence-electron chi connectivity index (χ3n) is 2.40. The van der Waals surface area contributed by atoms with E-state index in [1.807, 2.05) is 32.9 Å². The van der Waals surface area contributed by atoms with Crippen molar-refractivity contribution in [1.82, 2.24) is 4.98 Å². The fourth-order valence-corrected chi connectivity index (χ4v) is 1.80. The molecule has 0 saturated heterocycles. The summed E-state index contributed by atoms with van der Waals surface area (Å²) in [5.41, 5.74) is -0.395. The summed E-state index contributed by atoms with van der Waals surface area (Å²) in [6, 6.07) is 3.72. The first-order valence-corrected chi connectivity index (χ1v) is 7.62. The highest BCUT2D eigenvalue weighted by atomic mass is 79.9. The standard InChI is InChI=1S/C15H22BrNO3/c1-15(2,3)20-14(18)7-5-4-6-10-19-13-9-8-12(16)11-17-13/h8-9,11H,4-7,10H2,1-3H3. The van der Waals surface area contributed by atoms with Gasteiger partial charge in [-0.3, -0.25) is 4.79 Å². The summed E-state index contributed by atoms with van der Waals surface area (Å²) in [6.45, 7) is 6.25. The Labute approximate surface area is 129 Å². The minimum absolute atomic E-state index is 0.131. The number of aromatic nitrogens is 1. The molecule has 0 aliphatic carbocycles. The minimum Gasteiger partial charge on any atom is -0.478 e. The van der Waals surface area contributed by atoms with Crippen LogP contribution in [0.4, 0.5) is 0 Å². The molecule has 0 atom stereocenters. The van der Waals surface area contributed by atoms with Crippen molar-refractivity contribution < 1.29 is 14.3 Å².